The molecule has 1 atom stereocenters. The van der Waals surface area contributed by atoms with Gasteiger partial charge in [-0.3, -0.25) is 9.59 Å². The number of benzene rings is 1. The average Bonchev–Trinajstić information content (AvgIpc) is 2.39. The first-order valence-corrected chi connectivity index (χ1v) is 6.59. The monoisotopic (exact) mass is 321 g/mol. The van der Waals surface area contributed by atoms with Crippen molar-refractivity contribution in [3.05, 3.63) is 58.0 Å². The summed E-state index contributed by atoms with van der Waals surface area (Å²) in [7, 11) is 0. The van der Waals surface area contributed by atoms with Crippen molar-refractivity contribution < 1.29 is 4.79 Å². The first kappa shape index (κ1) is 13.5. The minimum atomic E-state index is -0.364. The van der Waals surface area contributed by atoms with Crippen molar-refractivity contribution in [2.24, 2.45) is 0 Å². The van der Waals surface area contributed by atoms with Crippen LogP contribution in [-0.2, 0) is 0 Å². The number of hydrogen-bond donors (Lipinski definition) is 2. The van der Waals surface area contributed by atoms with E-state index in [9.17, 15) is 9.59 Å². The van der Waals surface area contributed by atoms with Gasteiger partial charge >= 0.3 is 0 Å². The van der Waals surface area contributed by atoms with Gasteiger partial charge in [0.2, 0.25) is 0 Å². The average molecular weight is 322 g/mol. The molecule has 2 aromatic rings. The Hall–Kier alpha value is -1.95. The molecule has 1 unspecified atom stereocenters. The van der Waals surface area contributed by atoms with Crippen molar-refractivity contribution >= 4 is 27.5 Å². The van der Waals surface area contributed by atoms with Crippen LogP contribution < -0.4 is 10.9 Å². The second kappa shape index (κ2) is 5.79. The number of nitrogens with zero attached hydrogens (tertiary/aromatic N) is 1. The van der Waals surface area contributed by atoms with Crippen LogP contribution in [0.2, 0.25) is 0 Å². The van der Waals surface area contributed by atoms with Gasteiger partial charge in [0.15, 0.2) is 0 Å². The third kappa shape index (κ3) is 3.29. The molecule has 0 spiro atoms. The van der Waals surface area contributed by atoms with Crippen molar-refractivity contribution in [2.45, 2.75) is 11.8 Å². The molecule has 98 valence electrons. The molecule has 1 amide bonds. The maximum Gasteiger partial charge on any atom is 0.276 e. The number of H-pyrrole nitrogens is 1. The number of alkyl halides is 1. The Morgan fingerprint density at radius 2 is 2.05 bits per heavy atom. The number of para-hydroxylation sites is 1. The molecule has 0 saturated heterocycles. The molecule has 5 nitrogen and oxygen atoms in total. The zero-order valence-corrected chi connectivity index (χ0v) is 11.8. The summed E-state index contributed by atoms with van der Waals surface area (Å²) in [5.74, 6) is -0.364. The quantitative estimate of drug-likeness (QED) is 0.853. The number of carbonyl (C=O) groups is 1. The van der Waals surface area contributed by atoms with Gasteiger partial charge in [-0.05, 0) is 24.6 Å². The summed E-state index contributed by atoms with van der Waals surface area (Å²) in [6, 6.07) is 10.1. The van der Waals surface area contributed by atoms with Crippen LogP contribution in [0.4, 0.5) is 5.69 Å². The van der Waals surface area contributed by atoms with Gasteiger partial charge in [0, 0.05) is 16.6 Å². The molecule has 0 bridgehead atoms. The minimum absolute atomic E-state index is 0.118. The van der Waals surface area contributed by atoms with Gasteiger partial charge in [-0.25, -0.2) is 5.10 Å². The summed E-state index contributed by atoms with van der Waals surface area (Å²) in [5.41, 5.74) is 1.51. The number of hydrogen-bond acceptors (Lipinski definition) is 3. The van der Waals surface area contributed by atoms with E-state index in [0.29, 0.717) is 5.69 Å². The topological polar surface area (TPSA) is 74.8 Å². The second-order valence-electron chi connectivity index (χ2n) is 3.96. The minimum Gasteiger partial charge on any atom is -0.320 e. The summed E-state index contributed by atoms with van der Waals surface area (Å²) in [5, 5.41) is 8.69. The highest BCUT2D eigenvalue weighted by Crippen LogP contribution is 2.28. The first-order valence-electron chi connectivity index (χ1n) is 5.68. The van der Waals surface area contributed by atoms with Crippen molar-refractivity contribution in [1.29, 1.82) is 0 Å². The van der Waals surface area contributed by atoms with Crippen LogP contribution in [0.3, 0.4) is 0 Å². The number of aromatic amines is 1. The fourth-order valence-corrected chi connectivity index (χ4v) is 2.01. The molecular formula is C13H12BrN3O2. The van der Waals surface area contributed by atoms with Gasteiger partial charge in [0.1, 0.15) is 5.69 Å². The van der Waals surface area contributed by atoms with E-state index in [0.717, 1.165) is 5.56 Å². The van der Waals surface area contributed by atoms with E-state index in [4.69, 9.17) is 0 Å². The van der Waals surface area contributed by atoms with Crippen LogP contribution in [0.1, 0.15) is 27.8 Å². The van der Waals surface area contributed by atoms with Crippen molar-refractivity contribution in [1.82, 2.24) is 10.2 Å². The number of rotatable bonds is 3. The Labute approximate surface area is 118 Å². The molecule has 1 heterocycles. The van der Waals surface area contributed by atoms with Gasteiger partial charge in [-0.1, -0.05) is 34.1 Å². The second-order valence-corrected chi connectivity index (χ2v) is 5.34. The van der Waals surface area contributed by atoms with E-state index >= 15 is 0 Å². The maximum atomic E-state index is 12.0. The van der Waals surface area contributed by atoms with Crippen molar-refractivity contribution in [3.8, 4) is 0 Å². The lowest BCUT2D eigenvalue weighted by atomic mass is 10.1. The molecule has 6 heteroatoms. The lowest BCUT2D eigenvalue weighted by Crippen LogP contribution is -2.18. The van der Waals surface area contributed by atoms with Crippen LogP contribution in [0, 0.1) is 0 Å². The van der Waals surface area contributed by atoms with E-state index in [-0.39, 0.29) is 22.0 Å². The standard InChI is InChI=1S/C13H12BrN3O2/c1-8(14)9-4-2-3-5-10(9)15-13(19)11-6-7-12(18)17-16-11/h2-8H,1H3,(H,15,19)(H,17,18). The maximum absolute atomic E-state index is 12.0. The molecule has 0 fully saturated rings. The third-order valence-electron chi connectivity index (χ3n) is 2.55. The molecule has 0 saturated carbocycles. The molecule has 0 radical (unpaired) electrons. The van der Waals surface area contributed by atoms with Crippen LogP contribution in [0.25, 0.3) is 0 Å². The molecular weight excluding hydrogens is 310 g/mol. The predicted molar refractivity (Wildman–Crippen MR) is 76.6 cm³/mol. The Bertz CT molecular complexity index is 632. The van der Waals surface area contributed by atoms with E-state index in [1.54, 1.807) is 0 Å². The molecule has 0 aliphatic heterocycles. The van der Waals surface area contributed by atoms with E-state index in [1.807, 2.05) is 31.2 Å². The molecule has 1 aromatic carbocycles. The van der Waals surface area contributed by atoms with Crippen molar-refractivity contribution in [2.75, 3.05) is 5.32 Å². The largest absolute Gasteiger partial charge is 0.320 e. The summed E-state index contributed by atoms with van der Waals surface area (Å²) < 4.78 is 0. The Morgan fingerprint density at radius 1 is 1.32 bits per heavy atom. The zero-order chi connectivity index (χ0) is 13.8. The summed E-state index contributed by atoms with van der Waals surface area (Å²) in [6.07, 6.45) is 0. The summed E-state index contributed by atoms with van der Waals surface area (Å²) >= 11 is 3.47. The molecule has 19 heavy (non-hydrogen) atoms. The van der Waals surface area contributed by atoms with Gasteiger partial charge < -0.3 is 5.32 Å². The third-order valence-corrected chi connectivity index (χ3v) is 3.04. The van der Waals surface area contributed by atoms with Gasteiger partial charge in [0.25, 0.3) is 11.5 Å². The summed E-state index contributed by atoms with van der Waals surface area (Å²) in [4.78, 5) is 23.0. The van der Waals surface area contributed by atoms with Gasteiger partial charge in [0.05, 0.1) is 0 Å². The number of nitrogens with one attached hydrogen (secondary N) is 2. The normalized spacial score (nSPS) is 11.9. The lowest BCUT2D eigenvalue weighted by Gasteiger charge is -2.12. The highest BCUT2D eigenvalue weighted by molar-refractivity contribution is 9.09. The zero-order valence-electron chi connectivity index (χ0n) is 10.2. The molecule has 0 aliphatic rings. The SMILES string of the molecule is CC(Br)c1ccccc1NC(=O)c1ccc(=O)[nH]n1. The molecule has 1 aromatic heterocycles. The molecule has 2 rings (SSSR count). The highest BCUT2D eigenvalue weighted by Gasteiger charge is 2.12. The fourth-order valence-electron chi connectivity index (χ4n) is 1.62. The lowest BCUT2D eigenvalue weighted by molar-refractivity contribution is 0.102. The van der Waals surface area contributed by atoms with E-state index in [1.165, 1.54) is 12.1 Å². The number of amides is 1. The van der Waals surface area contributed by atoms with Crippen molar-refractivity contribution in [3.63, 3.8) is 0 Å². The molecule has 0 aliphatic carbocycles. The predicted octanol–water partition coefficient (Wildman–Crippen LogP) is 2.48. The van der Waals surface area contributed by atoms with Gasteiger partial charge in [-0.2, -0.15) is 5.10 Å². The number of halogens is 1. The number of anilines is 1. The molecule has 2 N–H and O–H groups in total. The van der Waals surface area contributed by atoms with Crippen LogP contribution in [-0.4, -0.2) is 16.1 Å². The number of carbonyl (C=O) groups excluding carboxylic acids is 1. The van der Waals surface area contributed by atoms with Crippen LogP contribution in [0.15, 0.2) is 41.2 Å². The van der Waals surface area contributed by atoms with Gasteiger partial charge in [-0.15, -0.1) is 0 Å². The fraction of sp³-hybridized carbons (Fsp3) is 0.154. The smallest absolute Gasteiger partial charge is 0.276 e. The Morgan fingerprint density at radius 3 is 2.68 bits per heavy atom. The Balaban J connectivity index is 2.24. The van der Waals surface area contributed by atoms with Crippen LogP contribution >= 0.6 is 15.9 Å². The summed E-state index contributed by atoms with van der Waals surface area (Å²) in [6.45, 7) is 1.98. The van der Waals surface area contributed by atoms with Crippen LogP contribution in [0.5, 0.6) is 0 Å². The van der Waals surface area contributed by atoms with E-state index in [2.05, 4.69) is 31.4 Å². The van der Waals surface area contributed by atoms with E-state index < -0.39 is 0 Å². The number of aromatic nitrogens is 2. The highest BCUT2D eigenvalue weighted by atomic mass is 79.9. The Kier molecular flexibility index (Phi) is 4.11. The first-order chi connectivity index (χ1) is 9.08.